The molecule has 1 unspecified atom stereocenters. The molecule has 2 aromatic carbocycles. The molecular formula is C22H25F3N2O4. The normalized spacial score (nSPS) is 16.1. The van der Waals surface area contributed by atoms with E-state index in [0.717, 1.165) is 6.07 Å². The minimum absolute atomic E-state index is 0.0887. The first-order valence-electron chi connectivity index (χ1n) is 9.90. The Morgan fingerprint density at radius 1 is 1.10 bits per heavy atom. The molecule has 1 atom stereocenters. The average molecular weight is 438 g/mol. The second kappa shape index (κ2) is 10.0. The number of aliphatic hydroxyl groups is 1. The zero-order chi connectivity index (χ0) is 22.4. The molecule has 1 heterocycles. The Morgan fingerprint density at radius 2 is 1.77 bits per heavy atom. The van der Waals surface area contributed by atoms with Crippen molar-refractivity contribution in [1.29, 1.82) is 0 Å². The smallest absolute Gasteiger partial charge is 0.416 e. The number of β-amino-alcohol motifs (C(OH)–C–C–N with tert-alkyl or cyclic N) is 1. The maximum absolute atomic E-state index is 12.9. The van der Waals surface area contributed by atoms with Crippen molar-refractivity contribution in [3.63, 3.8) is 0 Å². The van der Waals surface area contributed by atoms with Crippen LogP contribution < -0.4 is 9.64 Å². The van der Waals surface area contributed by atoms with Crippen LogP contribution in [0.2, 0.25) is 0 Å². The molecule has 0 amide bonds. The van der Waals surface area contributed by atoms with E-state index in [-0.39, 0.29) is 6.61 Å². The number of carbonyl (C=O) groups is 1. The van der Waals surface area contributed by atoms with Crippen LogP contribution in [-0.2, 0) is 10.9 Å². The Balaban J connectivity index is 1.44. The fourth-order valence-corrected chi connectivity index (χ4v) is 3.42. The average Bonchev–Trinajstić information content (AvgIpc) is 2.77. The summed E-state index contributed by atoms with van der Waals surface area (Å²) in [5.74, 6) is 0.0944. The van der Waals surface area contributed by atoms with Gasteiger partial charge in [0.1, 0.15) is 18.5 Å². The van der Waals surface area contributed by atoms with Gasteiger partial charge in [0, 0.05) is 38.4 Å². The number of hydrogen-bond acceptors (Lipinski definition) is 6. The molecule has 1 aliphatic rings. The van der Waals surface area contributed by atoms with Crippen molar-refractivity contribution in [2.24, 2.45) is 0 Å². The fraction of sp³-hybridized carbons (Fsp3) is 0.409. The van der Waals surface area contributed by atoms with Gasteiger partial charge in [-0.3, -0.25) is 4.90 Å². The first-order valence-corrected chi connectivity index (χ1v) is 9.90. The number of piperazine rings is 1. The van der Waals surface area contributed by atoms with E-state index in [0.29, 0.717) is 49.7 Å². The van der Waals surface area contributed by atoms with Crippen LogP contribution in [0.15, 0.2) is 48.5 Å². The zero-order valence-corrected chi connectivity index (χ0v) is 17.1. The Morgan fingerprint density at radius 3 is 2.39 bits per heavy atom. The lowest BCUT2D eigenvalue weighted by atomic mass is 10.1. The maximum Gasteiger partial charge on any atom is 0.416 e. The van der Waals surface area contributed by atoms with Crippen molar-refractivity contribution in [1.82, 2.24) is 4.90 Å². The zero-order valence-electron chi connectivity index (χ0n) is 17.1. The highest BCUT2D eigenvalue weighted by Gasteiger charge is 2.31. The quantitative estimate of drug-likeness (QED) is 0.671. The van der Waals surface area contributed by atoms with E-state index >= 15 is 0 Å². The molecule has 1 saturated heterocycles. The number of anilines is 1. The number of alkyl halides is 3. The Hall–Kier alpha value is -2.78. The van der Waals surface area contributed by atoms with E-state index in [1.54, 1.807) is 30.3 Å². The van der Waals surface area contributed by atoms with Gasteiger partial charge in [-0.05, 0) is 42.5 Å². The SMILES string of the molecule is COC(=O)c1ccc(OCC(O)CN2CCN(c3cccc(C(F)(F)F)c3)CC2)cc1. The number of carbonyl (C=O) groups excluding carboxylic acids is 1. The molecule has 6 nitrogen and oxygen atoms in total. The van der Waals surface area contributed by atoms with Crippen LogP contribution in [0.25, 0.3) is 0 Å². The van der Waals surface area contributed by atoms with Crippen LogP contribution in [0, 0.1) is 0 Å². The lowest BCUT2D eigenvalue weighted by Crippen LogP contribution is -2.49. The fourth-order valence-electron chi connectivity index (χ4n) is 3.42. The van der Waals surface area contributed by atoms with Crippen LogP contribution in [0.1, 0.15) is 15.9 Å². The summed E-state index contributed by atoms with van der Waals surface area (Å²) < 4.78 is 49.0. The predicted molar refractivity (Wildman–Crippen MR) is 109 cm³/mol. The molecular weight excluding hydrogens is 413 g/mol. The summed E-state index contributed by atoms with van der Waals surface area (Å²) in [7, 11) is 1.31. The molecule has 0 spiro atoms. The highest BCUT2D eigenvalue weighted by Crippen LogP contribution is 2.31. The van der Waals surface area contributed by atoms with E-state index in [1.165, 1.54) is 19.2 Å². The molecule has 9 heteroatoms. The lowest BCUT2D eigenvalue weighted by Gasteiger charge is -2.37. The third-order valence-corrected chi connectivity index (χ3v) is 5.10. The third-order valence-electron chi connectivity index (χ3n) is 5.10. The van der Waals surface area contributed by atoms with Crippen molar-refractivity contribution in [2.45, 2.75) is 12.3 Å². The largest absolute Gasteiger partial charge is 0.491 e. The second-order valence-electron chi connectivity index (χ2n) is 7.32. The first kappa shape index (κ1) is 22.9. The van der Waals surface area contributed by atoms with E-state index in [2.05, 4.69) is 9.64 Å². The molecule has 1 aliphatic heterocycles. The second-order valence-corrected chi connectivity index (χ2v) is 7.32. The Kier molecular flexibility index (Phi) is 7.40. The van der Waals surface area contributed by atoms with E-state index in [4.69, 9.17) is 4.74 Å². The van der Waals surface area contributed by atoms with Crippen LogP contribution in [0.3, 0.4) is 0 Å². The van der Waals surface area contributed by atoms with E-state index in [9.17, 15) is 23.1 Å². The number of methoxy groups -OCH3 is 1. The van der Waals surface area contributed by atoms with Crippen LogP contribution >= 0.6 is 0 Å². The summed E-state index contributed by atoms with van der Waals surface area (Å²) in [4.78, 5) is 15.4. The maximum atomic E-state index is 12.9. The number of ether oxygens (including phenoxy) is 2. The summed E-state index contributed by atoms with van der Waals surface area (Å²) in [6.45, 7) is 2.89. The summed E-state index contributed by atoms with van der Waals surface area (Å²) in [5.41, 5.74) is 0.308. The van der Waals surface area contributed by atoms with Gasteiger partial charge in [-0.2, -0.15) is 13.2 Å². The minimum atomic E-state index is -4.36. The van der Waals surface area contributed by atoms with E-state index < -0.39 is 23.8 Å². The standard InChI is InChI=1S/C22H25F3N2O4/c1-30-21(29)16-5-7-20(8-6-16)31-15-19(28)14-26-9-11-27(12-10-26)18-4-2-3-17(13-18)22(23,24)25/h2-8,13,19,28H,9-12,14-15H2,1H3. The number of halogens is 3. The molecule has 2 aromatic rings. The lowest BCUT2D eigenvalue weighted by molar-refractivity contribution is -0.137. The van der Waals surface area contributed by atoms with Gasteiger partial charge >= 0.3 is 12.1 Å². The number of benzene rings is 2. The van der Waals surface area contributed by atoms with Crippen molar-refractivity contribution in [2.75, 3.05) is 51.3 Å². The van der Waals surface area contributed by atoms with Crippen molar-refractivity contribution in [3.05, 3.63) is 59.7 Å². The number of rotatable bonds is 7. The van der Waals surface area contributed by atoms with Crippen LogP contribution in [0.5, 0.6) is 5.75 Å². The Labute approximate surface area is 178 Å². The molecule has 31 heavy (non-hydrogen) atoms. The van der Waals surface area contributed by atoms with Gasteiger partial charge in [0.25, 0.3) is 0 Å². The van der Waals surface area contributed by atoms with Crippen LogP contribution in [-0.4, -0.2) is 68.5 Å². The first-order chi connectivity index (χ1) is 14.8. The van der Waals surface area contributed by atoms with Crippen LogP contribution in [0.4, 0.5) is 18.9 Å². The topological polar surface area (TPSA) is 62.2 Å². The van der Waals surface area contributed by atoms with Gasteiger partial charge in [-0.15, -0.1) is 0 Å². The highest BCUT2D eigenvalue weighted by molar-refractivity contribution is 5.89. The van der Waals surface area contributed by atoms with Gasteiger partial charge < -0.3 is 19.5 Å². The molecule has 0 bridgehead atoms. The highest BCUT2D eigenvalue weighted by atomic mass is 19.4. The van der Waals surface area contributed by atoms with E-state index in [1.807, 2.05) is 4.90 Å². The van der Waals surface area contributed by atoms with Crippen molar-refractivity contribution >= 4 is 11.7 Å². The number of esters is 1. The molecule has 0 saturated carbocycles. The summed E-state index contributed by atoms with van der Waals surface area (Å²) in [5, 5.41) is 10.3. The summed E-state index contributed by atoms with van der Waals surface area (Å²) in [6.07, 6.45) is -5.08. The monoisotopic (exact) mass is 438 g/mol. The van der Waals surface area contributed by atoms with Gasteiger partial charge in [0.2, 0.25) is 0 Å². The number of aliphatic hydroxyl groups excluding tert-OH is 1. The molecule has 1 N–H and O–H groups in total. The molecule has 168 valence electrons. The van der Waals surface area contributed by atoms with Gasteiger partial charge in [0.05, 0.1) is 18.2 Å². The molecule has 0 aliphatic carbocycles. The molecule has 0 aromatic heterocycles. The van der Waals surface area contributed by atoms with Crippen molar-refractivity contribution in [3.8, 4) is 5.75 Å². The number of hydrogen-bond donors (Lipinski definition) is 1. The summed E-state index contributed by atoms with van der Waals surface area (Å²) >= 11 is 0. The molecule has 1 fully saturated rings. The van der Waals surface area contributed by atoms with Crippen molar-refractivity contribution < 1.29 is 32.5 Å². The summed E-state index contributed by atoms with van der Waals surface area (Å²) in [6, 6.07) is 11.8. The minimum Gasteiger partial charge on any atom is -0.491 e. The Bertz CT molecular complexity index is 866. The third kappa shape index (κ3) is 6.35. The van der Waals surface area contributed by atoms with Gasteiger partial charge in [-0.1, -0.05) is 6.07 Å². The van der Waals surface area contributed by atoms with Gasteiger partial charge in [-0.25, -0.2) is 4.79 Å². The van der Waals surface area contributed by atoms with Gasteiger partial charge in [0.15, 0.2) is 0 Å². The number of nitrogens with zero attached hydrogens (tertiary/aromatic N) is 2. The predicted octanol–water partition coefficient (Wildman–Crippen LogP) is 3.05. The molecule has 3 rings (SSSR count). The molecule has 0 radical (unpaired) electrons.